The van der Waals surface area contributed by atoms with Crippen molar-refractivity contribution < 1.29 is 0 Å². The minimum atomic E-state index is 0.480. The van der Waals surface area contributed by atoms with Gasteiger partial charge < -0.3 is 0 Å². The maximum Gasteiger partial charge on any atom is 0.0794 e. The molecule has 0 spiro atoms. The van der Waals surface area contributed by atoms with Gasteiger partial charge in [-0.1, -0.05) is 27.7 Å². The molecule has 0 atom stereocenters. The van der Waals surface area contributed by atoms with Crippen LogP contribution in [0, 0.1) is 0 Å². The molecule has 2 nitrogen and oxygen atoms in total. The van der Waals surface area contributed by atoms with Crippen LogP contribution in [0.15, 0.2) is 4.90 Å². The van der Waals surface area contributed by atoms with Crippen molar-refractivity contribution in [2.24, 2.45) is 0 Å². The van der Waals surface area contributed by atoms with Crippen LogP contribution >= 0.6 is 11.8 Å². The third kappa shape index (κ3) is 2.10. The van der Waals surface area contributed by atoms with Crippen LogP contribution in [0.4, 0.5) is 0 Å². The van der Waals surface area contributed by atoms with Gasteiger partial charge in [-0.15, -0.1) is 11.8 Å². The second-order valence-corrected chi connectivity index (χ2v) is 6.14. The molecule has 0 N–H and O–H groups in total. The normalized spacial score (nSPS) is 15.6. The van der Waals surface area contributed by atoms with E-state index in [1.807, 2.05) is 11.8 Å². The number of fused-ring (bicyclic) bond motifs is 1. The number of thioether (sulfide) groups is 1. The first-order chi connectivity index (χ1) is 7.61. The fourth-order valence-electron chi connectivity index (χ4n) is 2.15. The van der Waals surface area contributed by atoms with Crippen molar-refractivity contribution in [3.63, 3.8) is 0 Å². The molecule has 0 aromatic carbocycles. The summed E-state index contributed by atoms with van der Waals surface area (Å²) in [5.41, 5.74) is 3.89. The van der Waals surface area contributed by atoms with Crippen molar-refractivity contribution in [1.82, 2.24) is 10.2 Å². The second-order valence-electron chi connectivity index (χ2n) is 5.04. The lowest BCUT2D eigenvalue weighted by atomic mass is 9.98. The average molecular weight is 236 g/mol. The lowest BCUT2D eigenvalue weighted by molar-refractivity contribution is 0.675. The molecule has 0 unspecified atom stereocenters. The number of nitrogens with zero attached hydrogens (tertiary/aromatic N) is 2. The van der Waals surface area contributed by atoms with Crippen LogP contribution in [0.2, 0.25) is 0 Å². The van der Waals surface area contributed by atoms with E-state index < -0.39 is 0 Å². The third-order valence-corrected chi connectivity index (χ3v) is 4.23. The Hall–Kier alpha value is -0.570. The molecule has 2 rings (SSSR count). The smallest absolute Gasteiger partial charge is 0.0794 e. The maximum absolute atomic E-state index is 4.45. The number of hydrogen-bond donors (Lipinski definition) is 0. The molecule has 16 heavy (non-hydrogen) atoms. The number of aromatic nitrogens is 2. The zero-order valence-electron chi connectivity index (χ0n) is 10.6. The summed E-state index contributed by atoms with van der Waals surface area (Å²) in [4.78, 5) is 1.43. The van der Waals surface area contributed by atoms with E-state index >= 15 is 0 Å². The van der Waals surface area contributed by atoms with Crippen LogP contribution in [0.5, 0.6) is 0 Å². The SMILES string of the molecule is CC(C)c1nnc(C(C)C)c2c1CCCS2. The lowest BCUT2D eigenvalue weighted by Crippen LogP contribution is -2.12. The van der Waals surface area contributed by atoms with Crippen molar-refractivity contribution in [2.45, 2.75) is 57.3 Å². The highest BCUT2D eigenvalue weighted by molar-refractivity contribution is 7.99. The molecule has 1 aliphatic heterocycles. The van der Waals surface area contributed by atoms with Crippen LogP contribution in [0.1, 0.15) is 62.9 Å². The standard InChI is InChI=1S/C13H20N2S/c1-8(2)11-10-6-5-7-16-13(10)12(9(3)4)15-14-11/h8-9H,5-7H2,1-4H3. The van der Waals surface area contributed by atoms with E-state index in [1.54, 1.807) is 0 Å². The molecule has 0 amide bonds. The van der Waals surface area contributed by atoms with E-state index in [1.165, 1.54) is 40.4 Å². The van der Waals surface area contributed by atoms with Crippen molar-refractivity contribution in [3.8, 4) is 0 Å². The van der Waals surface area contributed by atoms with Crippen LogP contribution in [0.25, 0.3) is 0 Å². The van der Waals surface area contributed by atoms with Gasteiger partial charge in [-0.25, -0.2) is 0 Å². The molecule has 0 saturated carbocycles. The Kier molecular flexibility index (Phi) is 3.53. The average Bonchev–Trinajstić information content (AvgIpc) is 2.27. The highest BCUT2D eigenvalue weighted by Crippen LogP contribution is 2.37. The Morgan fingerprint density at radius 3 is 2.25 bits per heavy atom. The summed E-state index contributed by atoms with van der Waals surface area (Å²) in [6.45, 7) is 8.82. The molecule has 1 aromatic heterocycles. The molecule has 1 aromatic rings. The molecular formula is C13H20N2S. The van der Waals surface area contributed by atoms with Gasteiger partial charge in [0.1, 0.15) is 0 Å². The molecule has 0 aliphatic carbocycles. The summed E-state index contributed by atoms with van der Waals surface area (Å²) in [6, 6.07) is 0. The monoisotopic (exact) mass is 236 g/mol. The van der Waals surface area contributed by atoms with Crippen molar-refractivity contribution in [3.05, 3.63) is 17.0 Å². The minimum Gasteiger partial charge on any atom is -0.155 e. The van der Waals surface area contributed by atoms with Gasteiger partial charge in [-0.05, 0) is 36.0 Å². The maximum atomic E-state index is 4.45. The van der Waals surface area contributed by atoms with Crippen molar-refractivity contribution in [1.29, 1.82) is 0 Å². The Bertz CT molecular complexity index is 349. The molecule has 0 saturated heterocycles. The van der Waals surface area contributed by atoms with Gasteiger partial charge in [0.15, 0.2) is 0 Å². The highest BCUT2D eigenvalue weighted by atomic mass is 32.2. The Morgan fingerprint density at radius 1 is 1.00 bits per heavy atom. The summed E-state index contributed by atoms with van der Waals surface area (Å²) in [6.07, 6.45) is 2.46. The highest BCUT2D eigenvalue weighted by Gasteiger charge is 2.22. The van der Waals surface area contributed by atoms with Crippen LogP contribution in [-0.4, -0.2) is 16.0 Å². The first-order valence-electron chi connectivity index (χ1n) is 6.13. The summed E-state index contributed by atoms with van der Waals surface area (Å²) in [5, 5.41) is 8.89. The van der Waals surface area contributed by atoms with E-state index in [0.717, 1.165) is 0 Å². The van der Waals surface area contributed by atoms with E-state index in [0.29, 0.717) is 11.8 Å². The Labute approximate surface area is 102 Å². The van der Waals surface area contributed by atoms with Crippen LogP contribution in [0.3, 0.4) is 0 Å². The van der Waals surface area contributed by atoms with E-state index in [4.69, 9.17) is 0 Å². The Balaban J connectivity index is 2.54. The molecule has 0 bridgehead atoms. The van der Waals surface area contributed by atoms with E-state index in [9.17, 15) is 0 Å². The number of rotatable bonds is 2. The fourth-order valence-corrected chi connectivity index (χ4v) is 3.45. The topological polar surface area (TPSA) is 25.8 Å². The van der Waals surface area contributed by atoms with Crippen molar-refractivity contribution >= 4 is 11.8 Å². The molecule has 0 radical (unpaired) electrons. The quantitative estimate of drug-likeness (QED) is 0.782. The van der Waals surface area contributed by atoms with Gasteiger partial charge in [-0.2, -0.15) is 10.2 Å². The predicted octanol–water partition coefficient (Wildman–Crippen LogP) is 3.76. The second kappa shape index (κ2) is 4.74. The zero-order valence-corrected chi connectivity index (χ0v) is 11.4. The van der Waals surface area contributed by atoms with Crippen molar-refractivity contribution in [2.75, 3.05) is 5.75 Å². The molecule has 88 valence electrons. The third-order valence-electron chi connectivity index (χ3n) is 2.99. The lowest BCUT2D eigenvalue weighted by Gasteiger charge is -2.22. The molecule has 2 heterocycles. The van der Waals surface area contributed by atoms with Gasteiger partial charge in [0.05, 0.1) is 11.4 Å². The van der Waals surface area contributed by atoms with E-state index in [-0.39, 0.29) is 0 Å². The first-order valence-corrected chi connectivity index (χ1v) is 7.12. The Morgan fingerprint density at radius 2 is 1.62 bits per heavy atom. The van der Waals surface area contributed by atoms with Crippen LogP contribution < -0.4 is 0 Å². The minimum absolute atomic E-state index is 0.480. The molecule has 3 heteroatoms. The summed E-state index contributed by atoms with van der Waals surface area (Å²) >= 11 is 1.97. The fraction of sp³-hybridized carbons (Fsp3) is 0.692. The summed E-state index contributed by atoms with van der Waals surface area (Å²) in [7, 11) is 0. The van der Waals surface area contributed by atoms with Gasteiger partial charge in [0.25, 0.3) is 0 Å². The van der Waals surface area contributed by atoms with Gasteiger partial charge >= 0.3 is 0 Å². The van der Waals surface area contributed by atoms with Gasteiger partial charge in [0, 0.05) is 4.90 Å². The summed E-state index contributed by atoms with van der Waals surface area (Å²) in [5.74, 6) is 2.20. The predicted molar refractivity (Wildman–Crippen MR) is 69.3 cm³/mol. The molecular weight excluding hydrogens is 216 g/mol. The van der Waals surface area contributed by atoms with E-state index in [2.05, 4.69) is 37.9 Å². The van der Waals surface area contributed by atoms with Gasteiger partial charge in [-0.3, -0.25) is 0 Å². The number of hydrogen-bond acceptors (Lipinski definition) is 3. The largest absolute Gasteiger partial charge is 0.155 e. The molecule has 0 fully saturated rings. The summed E-state index contributed by atoms with van der Waals surface area (Å²) < 4.78 is 0. The molecule has 1 aliphatic rings. The van der Waals surface area contributed by atoms with Gasteiger partial charge in [0.2, 0.25) is 0 Å². The first kappa shape index (κ1) is 11.9. The van der Waals surface area contributed by atoms with Crippen LogP contribution in [-0.2, 0) is 6.42 Å². The zero-order chi connectivity index (χ0) is 11.7.